The molecule has 0 bridgehead atoms. The van der Waals surface area contributed by atoms with Crippen LogP contribution in [-0.2, 0) is 0 Å². The number of nitrogens with zero attached hydrogens (tertiary/aromatic N) is 1. The van der Waals surface area contributed by atoms with Crippen LogP contribution in [0.4, 0.5) is 5.82 Å². The summed E-state index contributed by atoms with van der Waals surface area (Å²) in [6, 6.07) is 3.15. The Balaban J connectivity index is 2.56. The Morgan fingerprint density at radius 2 is 2.33 bits per heavy atom. The first-order valence-electron chi connectivity index (χ1n) is 4.82. The summed E-state index contributed by atoms with van der Waals surface area (Å²) in [7, 11) is 1.88. The van der Waals surface area contributed by atoms with Crippen molar-refractivity contribution in [3.05, 3.63) is 23.9 Å². The van der Waals surface area contributed by atoms with Crippen LogP contribution in [0, 0.1) is 0 Å². The van der Waals surface area contributed by atoms with Crippen molar-refractivity contribution in [2.75, 3.05) is 25.5 Å². The maximum atomic E-state index is 10.8. The number of rotatable bonds is 6. The zero-order chi connectivity index (χ0) is 11.1. The number of carbonyl (C=O) groups is 1. The van der Waals surface area contributed by atoms with Crippen molar-refractivity contribution in [3.8, 4) is 0 Å². The minimum Gasteiger partial charge on any atom is -0.478 e. The number of aromatic carboxylic acids is 1. The maximum absolute atomic E-state index is 10.8. The van der Waals surface area contributed by atoms with Gasteiger partial charge in [0.15, 0.2) is 0 Å². The molecule has 5 nitrogen and oxygen atoms in total. The van der Waals surface area contributed by atoms with Gasteiger partial charge in [0, 0.05) is 12.7 Å². The van der Waals surface area contributed by atoms with E-state index in [9.17, 15) is 4.79 Å². The third kappa shape index (κ3) is 3.55. The zero-order valence-electron chi connectivity index (χ0n) is 8.66. The highest BCUT2D eigenvalue weighted by atomic mass is 16.4. The Kier molecular flexibility index (Phi) is 4.56. The molecule has 3 N–H and O–H groups in total. The summed E-state index contributed by atoms with van der Waals surface area (Å²) in [6.45, 7) is 1.60. The molecular weight excluding hydrogens is 194 g/mol. The topological polar surface area (TPSA) is 74.2 Å². The van der Waals surface area contributed by atoms with E-state index in [0.29, 0.717) is 12.4 Å². The van der Waals surface area contributed by atoms with E-state index in [2.05, 4.69) is 15.6 Å². The Morgan fingerprint density at radius 3 is 3.00 bits per heavy atom. The molecule has 0 aromatic carbocycles. The van der Waals surface area contributed by atoms with Crippen LogP contribution in [0.2, 0.25) is 0 Å². The van der Waals surface area contributed by atoms with E-state index >= 15 is 0 Å². The molecular formula is C10H15N3O2. The minimum absolute atomic E-state index is 0.210. The van der Waals surface area contributed by atoms with E-state index in [1.807, 2.05) is 7.05 Å². The molecule has 1 aromatic rings. The van der Waals surface area contributed by atoms with Crippen LogP contribution in [-0.4, -0.2) is 36.2 Å². The van der Waals surface area contributed by atoms with Gasteiger partial charge < -0.3 is 15.7 Å². The van der Waals surface area contributed by atoms with Crippen LogP contribution in [0.5, 0.6) is 0 Å². The Hall–Kier alpha value is -1.62. The molecule has 5 heteroatoms. The highest BCUT2D eigenvalue weighted by molar-refractivity contribution is 5.92. The van der Waals surface area contributed by atoms with Crippen LogP contribution in [0.15, 0.2) is 18.3 Å². The molecule has 1 rings (SSSR count). The van der Waals surface area contributed by atoms with Gasteiger partial charge in [0.05, 0.1) is 0 Å². The van der Waals surface area contributed by atoms with Gasteiger partial charge in [0.2, 0.25) is 0 Å². The fourth-order valence-electron chi connectivity index (χ4n) is 1.19. The van der Waals surface area contributed by atoms with E-state index in [1.54, 1.807) is 12.3 Å². The van der Waals surface area contributed by atoms with Gasteiger partial charge in [-0.15, -0.1) is 0 Å². The standard InChI is InChI=1S/C10H15N3O2/c1-11-5-3-7-13-9-8(10(14)15)4-2-6-12-9/h2,4,6,11H,3,5,7H2,1H3,(H,12,13)(H,14,15). The van der Waals surface area contributed by atoms with E-state index < -0.39 is 5.97 Å². The lowest BCUT2D eigenvalue weighted by Gasteiger charge is -2.07. The molecule has 1 aromatic heterocycles. The highest BCUT2D eigenvalue weighted by Gasteiger charge is 2.08. The minimum atomic E-state index is -0.959. The molecule has 15 heavy (non-hydrogen) atoms. The molecule has 0 aliphatic rings. The lowest BCUT2D eigenvalue weighted by molar-refractivity contribution is 0.0697. The average Bonchev–Trinajstić information content (AvgIpc) is 2.25. The molecule has 0 saturated carbocycles. The molecule has 0 saturated heterocycles. The molecule has 1 heterocycles. The second-order valence-corrected chi connectivity index (χ2v) is 3.09. The molecule has 0 aliphatic carbocycles. The summed E-state index contributed by atoms with van der Waals surface area (Å²) < 4.78 is 0. The molecule has 0 aliphatic heterocycles. The van der Waals surface area contributed by atoms with Crippen molar-refractivity contribution in [1.29, 1.82) is 0 Å². The normalized spacial score (nSPS) is 9.93. The van der Waals surface area contributed by atoms with Gasteiger partial charge in [0.25, 0.3) is 0 Å². The van der Waals surface area contributed by atoms with Crippen molar-refractivity contribution < 1.29 is 9.90 Å². The number of carboxylic acids is 1. The predicted molar refractivity (Wildman–Crippen MR) is 58.2 cm³/mol. The summed E-state index contributed by atoms with van der Waals surface area (Å²) in [5, 5.41) is 14.9. The number of hydrogen-bond acceptors (Lipinski definition) is 4. The summed E-state index contributed by atoms with van der Waals surface area (Å²) in [5.74, 6) is -0.527. The fraction of sp³-hybridized carbons (Fsp3) is 0.400. The number of nitrogens with one attached hydrogen (secondary N) is 2. The lowest BCUT2D eigenvalue weighted by Crippen LogP contribution is -2.15. The molecule has 0 atom stereocenters. The monoisotopic (exact) mass is 209 g/mol. The molecule has 0 radical (unpaired) electrons. The second-order valence-electron chi connectivity index (χ2n) is 3.09. The Bertz CT molecular complexity index is 328. The van der Waals surface area contributed by atoms with E-state index in [4.69, 9.17) is 5.11 Å². The Labute approximate surface area is 88.5 Å². The van der Waals surface area contributed by atoms with Crippen LogP contribution >= 0.6 is 0 Å². The number of anilines is 1. The van der Waals surface area contributed by atoms with Gasteiger partial charge in [-0.1, -0.05) is 0 Å². The predicted octanol–water partition coefficient (Wildman–Crippen LogP) is 0.801. The SMILES string of the molecule is CNCCCNc1ncccc1C(=O)O. The van der Waals surface area contributed by atoms with E-state index in [0.717, 1.165) is 13.0 Å². The average molecular weight is 209 g/mol. The third-order valence-corrected chi connectivity index (χ3v) is 1.93. The number of pyridine rings is 1. The van der Waals surface area contributed by atoms with Crippen molar-refractivity contribution in [3.63, 3.8) is 0 Å². The van der Waals surface area contributed by atoms with Gasteiger partial charge in [-0.05, 0) is 32.1 Å². The first-order valence-corrected chi connectivity index (χ1v) is 4.82. The van der Waals surface area contributed by atoms with Crippen LogP contribution in [0.25, 0.3) is 0 Å². The summed E-state index contributed by atoms with van der Waals surface area (Å²) in [4.78, 5) is 14.8. The largest absolute Gasteiger partial charge is 0.478 e. The van der Waals surface area contributed by atoms with Crippen molar-refractivity contribution >= 4 is 11.8 Å². The second kappa shape index (κ2) is 5.98. The van der Waals surface area contributed by atoms with Crippen LogP contribution in [0.1, 0.15) is 16.8 Å². The molecule has 0 unspecified atom stereocenters. The van der Waals surface area contributed by atoms with Crippen molar-refractivity contribution in [2.24, 2.45) is 0 Å². The number of aromatic nitrogens is 1. The number of hydrogen-bond donors (Lipinski definition) is 3. The van der Waals surface area contributed by atoms with Crippen molar-refractivity contribution in [2.45, 2.75) is 6.42 Å². The molecule has 82 valence electrons. The fourth-order valence-corrected chi connectivity index (χ4v) is 1.19. The lowest BCUT2D eigenvalue weighted by atomic mass is 10.2. The smallest absolute Gasteiger partial charge is 0.339 e. The van der Waals surface area contributed by atoms with Gasteiger partial charge in [0.1, 0.15) is 11.4 Å². The van der Waals surface area contributed by atoms with E-state index in [-0.39, 0.29) is 5.56 Å². The highest BCUT2D eigenvalue weighted by Crippen LogP contribution is 2.10. The number of carboxylic acid groups (broad SMARTS) is 1. The van der Waals surface area contributed by atoms with Crippen molar-refractivity contribution in [1.82, 2.24) is 10.3 Å². The first kappa shape index (κ1) is 11.5. The zero-order valence-corrected chi connectivity index (χ0v) is 8.66. The quantitative estimate of drug-likeness (QED) is 0.604. The van der Waals surface area contributed by atoms with Crippen LogP contribution < -0.4 is 10.6 Å². The molecule has 0 amide bonds. The Morgan fingerprint density at radius 1 is 1.53 bits per heavy atom. The van der Waals surface area contributed by atoms with Gasteiger partial charge in [-0.3, -0.25) is 0 Å². The third-order valence-electron chi connectivity index (χ3n) is 1.93. The summed E-state index contributed by atoms with van der Waals surface area (Å²) >= 11 is 0. The van der Waals surface area contributed by atoms with Gasteiger partial charge >= 0.3 is 5.97 Å². The van der Waals surface area contributed by atoms with Gasteiger partial charge in [-0.25, -0.2) is 9.78 Å². The van der Waals surface area contributed by atoms with E-state index in [1.165, 1.54) is 6.07 Å². The van der Waals surface area contributed by atoms with Gasteiger partial charge in [-0.2, -0.15) is 0 Å². The first-order chi connectivity index (χ1) is 7.25. The molecule has 0 spiro atoms. The summed E-state index contributed by atoms with van der Waals surface area (Å²) in [5.41, 5.74) is 0.210. The molecule has 0 fully saturated rings. The van der Waals surface area contributed by atoms with Crippen LogP contribution in [0.3, 0.4) is 0 Å². The summed E-state index contributed by atoms with van der Waals surface area (Å²) in [6.07, 6.45) is 2.50. The maximum Gasteiger partial charge on any atom is 0.339 e.